The van der Waals surface area contributed by atoms with Gasteiger partial charge in [-0.1, -0.05) is 6.07 Å². The fraction of sp³-hybridized carbons (Fsp3) is 0.375. The third kappa shape index (κ3) is 4.24. The van der Waals surface area contributed by atoms with Gasteiger partial charge in [0, 0.05) is 37.8 Å². The summed E-state index contributed by atoms with van der Waals surface area (Å²) in [6.07, 6.45) is 1.76. The minimum absolute atomic E-state index is 0.210. The van der Waals surface area contributed by atoms with Crippen LogP contribution in [0, 0.1) is 0 Å². The number of nitrogens with one attached hydrogen (secondary N) is 1. The highest BCUT2D eigenvalue weighted by molar-refractivity contribution is 7.14. The molecule has 8 nitrogen and oxygen atoms in total. The highest BCUT2D eigenvalue weighted by Crippen LogP contribution is 2.18. The Labute approximate surface area is 149 Å². The van der Waals surface area contributed by atoms with Crippen LogP contribution in [0.5, 0.6) is 0 Å². The third-order valence-corrected chi connectivity index (χ3v) is 4.50. The number of thiazole rings is 1. The monoisotopic (exact) mass is 361 g/mol. The molecule has 0 saturated carbocycles. The zero-order chi connectivity index (χ0) is 17.6. The standard InChI is InChI=1S/C16H19N5O3S/c1-2-24-14(22)12-11-25-15(18-12)19-16(23)21-9-7-20(8-10-21)13-5-3-4-6-17-13/h3-6,11H,2,7-10H2,1H3,(H,18,19,23). The fourth-order valence-corrected chi connectivity index (χ4v) is 3.15. The van der Waals surface area contributed by atoms with Gasteiger partial charge < -0.3 is 14.5 Å². The Morgan fingerprint density at radius 3 is 2.76 bits per heavy atom. The van der Waals surface area contributed by atoms with E-state index in [0.29, 0.717) is 24.8 Å². The van der Waals surface area contributed by atoms with Crippen molar-refractivity contribution in [3.05, 3.63) is 35.5 Å². The first-order valence-electron chi connectivity index (χ1n) is 8.02. The van der Waals surface area contributed by atoms with E-state index >= 15 is 0 Å². The van der Waals surface area contributed by atoms with E-state index in [1.165, 1.54) is 11.3 Å². The number of hydrogen-bond donors (Lipinski definition) is 1. The van der Waals surface area contributed by atoms with Gasteiger partial charge in [-0.2, -0.15) is 0 Å². The summed E-state index contributed by atoms with van der Waals surface area (Å²) in [5.41, 5.74) is 0.210. The number of nitrogens with zero attached hydrogens (tertiary/aromatic N) is 4. The predicted molar refractivity (Wildman–Crippen MR) is 95.1 cm³/mol. The normalized spacial score (nSPS) is 14.3. The number of amides is 2. The summed E-state index contributed by atoms with van der Waals surface area (Å²) in [5.74, 6) is 0.435. The van der Waals surface area contributed by atoms with Crippen LogP contribution in [0.25, 0.3) is 0 Å². The van der Waals surface area contributed by atoms with Crippen LogP contribution in [0.3, 0.4) is 0 Å². The van der Waals surface area contributed by atoms with Gasteiger partial charge >= 0.3 is 12.0 Å². The SMILES string of the molecule is CCOC(=O)c1csc(NC(=O)N2CCN(c3ccccn3)CC2)n1. The molecular formula is C16H19N5O3S. The molecule has 1 aliphatic rings. The van der Waals surface area contributed by atoms with Crippen molar-refractivity contribution >= 4 is 34.3 Å². The van der Waals surface area contributed by atoms with E-state index in [1.54, 1.807) is 23.4 Å². The molecule has 0 radical (unpaired) electrons. The van der Waals surface area contributed by atoms with Crippen LogP contribution >= 0.6 is 11.3 Å². The van der Waals surface area contributed by atoms with Crippen LogP contribution in [0.4, 0.5) is 15.7 Å². The highest BCUT2D eigenvalue weighted by Gasteiger charge is 2.23. The van der Waals surface area contributed by atoms with Crippen LogP contribution in [-0.2, 0) is 4.74 Å². The zero-order valence-electron chi connectivity index (χ0n) is 13.8. The number of carbonyl (C=O) groups excluding carboxylic acids is 2. The maximum Gasteiger partial charge on any atom is 0.357 e. The molecule has 2 aromatic rings. The van der Waals surface area contributed by atoms with Crippen LogP contribution < -0.4 is 10.2 Å². The minimum atomic E-state index is -0.483. The summed E-state index contributed by atoms with van der Waals surface area (Å²) in [5, 5.41) is 4.70. The highest BCUT2D eigenvalue weighted by atomic mass is 32.1. The largest absolute Gasteiger partial charge is 0.461 e. The quantitative estimate of drug-likeness (QED) is 0.839. The molecule has 0 bridgehead atoms. The molecule has 1 aliphatic heterocycles. The van der Waals surface area contributed by atoms with E-state index in [-0.39, 0.29) is 11.7 Å². The predicted octanol–water partition coefficient (Wildman–Crippen LogP) is 2.07. The summed E-state index contributed by atoms with van der Waals surface area (Å²) in [6.45, 7) is 4.65. The Hall–Kier alpha value is -2.68. The van der Waals surface area contributed by atoms with Gasteiger partial charge in [0.2, 0.25) is 0 Å². The zero-order valence-corrected chi connectivity index (χ0v) is 14.7. The van der Waals surface area contributed by atoms with E-state index in [1.807, 2.05) is 18.2 Å². The lowest BCUT2D eigenvalue weighted by Crippen LogP contribution is -2.50. The number of rotatable bonds is 4. The van der Waals surface area contributed by atoms with E-state index in [4.69, 9.17) is 4.74 Å². The number of carbonyl (C=O) groups is 2. The Bertz CT molecular complexity index is 728. The molecule has 2 amide bonds. The molecule has 1 saturated heterocycles. The summed E-state index contributed by atoms with van der Waals surface area (Å²) < 4.78 is 4.89. The molecule has 1 N–H and O–H groups in total. The van der Waals surface area contributed by atoms with Crippen molar-refractivity contribution in [2.24, 2.45) is 0 Å². The van der Waals surface area contributed by atoms with Crippen LogP contribution in [0.2, 0.25) is 0 Å². The maximum atomic E-state index is 12.3. The molecule has 0 unspecified atom stereocenters. The van der Waals surface area contributed by atoms with Crippen molar-refractivity contribution in [1.82, 2.24) is 14.9 Å². The maximum absolute atomic E-state index is 12.3. The van der Waals surface area contributed by atoms with Gasteiger partial charge in [-0.15, -0.1) is 11.3 Å². The lowest BCUT2D eigenvalue weighted by molar-refractivity contribution is 0.0520. The Morgan fingerprint density at radius 2 is 2.08 bits per heavy atom. The van der Waals surface area contributed by atoms with Crippen molar-refractivity contribution < 1.29 is 14.3 Å². The van der Waals surface area contributed by atoms with Gasteiger partial charge in [0.05, 0.1) is 6.61 Å². The number of piperazine rings is 1. The first kappa shape index (κ1) is 17.2. The molecule has 0 atom stereocenters. The second-order valence-corrected chi connectivity index (χ2v) is 6.21. The van der Waals surface area contributed by atoms with Crippen LogP contribution in [-0.4, -0.2) is 59.7 Å². The van der Waals surface area contributed by atoms with Gasteiger partial charge in [0.15, 0.2) is 10.8 Å². The topological polar surface area (TPSA) is 87.7 Å². The molecule has 0 aliphatic carbocycles. The minimum Gasteiger partial charge on any atom is -0.461 e. The van der Waals surface area contributed by atoms with Crippen molar-refractivity contribution in [2.45, 2.75) is 6.92 Å². The van der Waals surface area contributed by atoms with E-state index in [2.05, 4.69) is 20.2 Å². The molecule has 3 heterocycles. The second-order valence-electron chi connectivity index (χ2n) is 5.35. The first-order valence-corrected chi connectivity index (χ1v) is 8.90. The molecule has 0 spiro atoms. The molecule has 3 rings (SSSR count). The molecule has 132 valence electrons. The number of anilines is 2. The number of esters is 1. The van der Waals surface area contributed by atoms with Crippen molar-refractivity contribution in [2.75, 3.05) is 43.0 Å². The van der Waals surface area contributed by atoms with Crippen LogP contribution in [0.15, 0.2) is 29.8 Å². The van der Waals surface area contributed by atoms with Gasteiger partial charge in [-0.25, -0.2) is 19.6 Å². The smallest absolute Gasteiger partial charge is 0.357 e. The lowest BCUT2D eigenvalue weighted by Gasteiger charge is -2.35. The van der Waals surface area contributed by atoms with Crippen molar-refractivity contribution in [3.63, 3.8) is 0 Å². The summed E-state index contributed by atoms with van der Waals surface area (Å²) >= 11 is 1.20. The average Bonchev–Trinajstić information content (AvgIpc) is 3.11. The number of hydrogen-bond acceptors (Lipinski definition) is 7. The number of pyridine rings is 1. The molecule has 0 aromatic carbocycles. The van der Waals surface area contributed by atoms with E-state index in [0.717, 1.165) is 18.9 Å². The Kier molecular flexibility index (Phi) is 5.44. The van der Waals surface area contributed by atoms with Gasteiger partial charge in [-0.05, 0) is 19.1 Å². The molecule has 2 aromatic heterocycles. The van der Waals surface area contributed by atoms with Gasteiger partial charge in [0.25, 0.3) is 0 Å². The molecular weight excluding hydrogens is 342 g/mol. The average molecular weight is 361 g/mol. The lowest BCUT2D eigenvalue weighted by atomic mass is 10.3. The van der Waals surface area contributed by atoms with Gasteiger partial charge in [-0.3, -0.25) is 5.32 Å². The molecule has 25 heavy (non-hydrogen) atoms. The third-order valence-electron chi connectivity index (χ3n) is 3.74. The number of aromatic nitrogens is 2. The fourth-order valence-electron chi connectivity index (χ4n) is 2.48. The molecule has 1 fully saturated rings. The molecule has 9 heteroatoms. The van der Waals surface area contributed by atoms with E-state index in [9.17, 15) is 9.59 Å². The summed E-state index contributed by atoms with van der Waals surface area (Å²) in [7, 11) is 0. The van der Waals surface area contributed by atoms with Crippen molar-refractivity contribution in [3.8, 4) is 0 Å². The van der Waals surface area contributed by atoms with Crippen LogP contribution in [0.1, 0.15) is 17.4 Å². The number of ether oxygens (including phenoxy) is 1. The Morgan fingerprint density at radius 1 is 1.28 bits per heavy atom. The number of urea groups is 1. The van der Waals surface area contributed by atoms with E-state index < -0.39 is 5.97 Å². The van der Waals surface area contributed by atoms with Gasteiger partial charge in [0.1, 0.15) is 5.82 Å². The van der Waals surface area contributed by atoms with Crippen molar-refractivity contribution in [1.29, 1.82) is 0 Å². The summed E-state index contributed by atoms with van der Waals surface area (Å²) in [6, 6.07) is 5.57. The Balaban J connectivity index is 1.52. The summed E-state index contributed by atoms with van der Waals surface area (Å²) in [4.78, 5) is 36.2. The first-order chi connectivity index (χ1) is 12.2. The second kappa shape index (κ2) is 7.93.